The minimum Gasteiger partial charge on any atom is -0.839 e. The zero-order valence-corrected chi connectivity index (χ0v) is 12.4. The molecule has 2 heterocycles. The molecule has 1 aromatic carbocycles. The molecule has 4 rings (SSSR count). The number of aromatic nitrogens is 2. The first-order chi connectivity index (χ1) is 10.8. The average Bonchev–Trinajstić information content (AvgIpc) is 2.87. The summed E-state index contributed by atoms with van der Waals surface area (Å²) in [6, 6.07) is 10.2. The van der Waals surface area contributed by atoms with Crippen LogP contribution in [0.1, 0.15) is 48.6 Å². The fraction of sp³-hybridized carbons (Fsp3) is 0.333. The monoisotopic (exact) mass is 294 g/mol. The largest absolute Gasteiger partial charge is 0.839 e. The molecule has 112 valence electrons. The zero-order valence-electron chi connectivity index (χ0n) is 12.4. The lowest BCUT2D eigenvalue weighted by Gasteiger charge is -2.22. The van der Waals surface area contributed by atoms with Gasteiger partial charge in [-0.3, -0.25) is 4.79 Å². The van der Waals surface area contributed by atoms with E-state index in [0.29, 0.717) is 6.29 Å². The van der Waals surface area contributed by atoms with E-state index in [1.165, 1.54) is 6.42 Å². The summed E-state index contributed by atoms with van der Waals surface area (Å²) in [4.78, 5) is 11.4. The molecule has 3 aromatic rings. The Morgan fingerprint density at radius 1 is 1.14 bits per heavy atom. The number of benzene rings is 1. The molecule has 0 spiro atoms. The number of pyridine rings is 1. The molecule has 0 aliphatic heterocycles. The van der Waals surface area contributed by atoms with Gasteiger partial charge in [0.1, 0.15) is 11.9 Å². The van der Waals surface area contributed by atoms with E-state index in [2.05, 4.69) is 0 Å². The highest BCUT2D eigenvalue weighted by Gasteiger charge is 2.28. The molecule has 1 fully saturated rings. The van der Waals surface area contributed by atoms with Crippen molar-refractivity contribution in [3.8, 4) is 5.88 Å². The van der Waals surface area contributed by atoms with Crippen molar-refractivity contribution in [1.29, 1.82) is 0 Å². The molecule has 0 amide bonds. The summed E-state index contributed by atoms with van der Waals surface area (Å²) in [5, 5.41) is 14.9. The van der Waals surface area contributed by atoms with Gasteiger partial charge in [0.25, 0.3) is 5.65 Å². The molecule has 22 heavy (non-hydrogen) atoms. The van der Waals surface area contributed by atoms with Crippen molar-refractivity contribution in [2.75, 3.05) is 0 Å². The maximum atomic E-state index is 12.8. The molecule has 0 radical (unpaired) electrons. The first-order valence-electron chi connectivity index (χ1n) is 7.91. The van der Waals surface area contributed by atoms with Gasteiger partial charge >= 0.3 is 0 Å². The Kier molecular flexibility index (Phi) is 3.10. The summed E-state index contributed by atoms with van der Waals surface area (Å²) >= 11 is 0. The van der Waals surface area contributed by atoms with Crippen molar-refractivity contribution < 1.29 is 14.5 Å². The SMILES string of the molecule is O=Cc1c([O-])[n+](C2CCCCC2)c2c3ccccc3ccn12. The third kappa shape index (κ3) is 1.83. The van der Waals surface area contributed by atoms with E-state index in [0.717, 1.165) is 42.1 Å². The highest BCUT2D eigenvalue weighted by Crippen LogP contribution is 2.29. The van der Waals surface area contributed by atoms with E-state index >= 15 is 0 Å². The summed E-state index contributed by atoms with van der Waals surface area (Å²) in [5.41, 5.74) is 1.09. The van der Waals surface area contributed by atoms with Gasteiger partial charge in [0.05, 0.1) is 11.6 Å². The van der Waals surface area contributed by atoms with Crippen LogP contribution in [0.25, 0.3) is 16.4 Å². The number of carbonyl (C=O) groups is 1. The van der Waals surface area contributed by atoms with Crippen molar-refractivity contribution in [3.63, 3.8) is 0 Å². The predicted molar refractivity (Wildman–Crippen MR) is 82.1 cm³/mol. The molecular weight excluding hydrogens is 276 g/mol. The molecular formula is C18H18N2O2. The Balaban J connectivity index is 2.10. The fourth-order valence-electron chi connectivity index (χ4n) is 3.75. The molecule has 1 aliphatic carbocycles. The first kappa shape index (κ1) is 13.3. The van der Waals surface area contributed by atoms with Gasteiger partial charge in [0, 0.05) is 0 Å². The Morgan fingerprint density at radius 2 is 1.91 bits per heavy atom. The van der Waals surface area contributed by atoms with E-state index in [9.17, 15) is 9.90 Å². The van der Waals surface area contributed by atoms with Gasteiger partial charge in [-0.1, -0.05) is 24.6 Å². The number of aldehydes is 1. The Hall–Kier alpha value is -2.36. The van der Waals surface area contributed by atoms with Gasteiger partial charge in [-0.25, -0.2) is 4.57 Å². The fourth-order valence-corrected chi connectivity index (χ4v) is 3.75. The van der Waals surface area contributed by atoms with Crippen LogP contribution in [0.3, 0.4) is 0 Å². The van der Waals surface area contributed by atoms with Crippen LogP contribution in [0.5, 0.6) is 5.88 Å². The van der Waals surface area contributed by atoms with Crippen LogP contribution in [-0.4, -0.2) is 10.7 Å². The summed E-state index contributed by atoms with van der Waals surface area (Å²) in [6.07, 6.45) is 8.08. The number of hydrogen-bond donors (Lipinski definition) is 0. The van der Waals surface area contributed by atoms with Crippen LogP contribution < -0.4 is 9.67 Å². The normalized spacial score (nSPS) is 16.4. The lowest BCUT2D eigenvalue weighted by atomic mass is 9.95. The van der Waals surface area contributed by atoms with Gasteiger partial charge in [-0.15, -0.1) is 0 Å². The number of fused-ring (bicyclic) bond motifs is 3. The van der Waals surface area contributed by atoms with Crippen LogP contribution in [0.4, 0.5) is 0 Å². The van der Waals surface area contributed by atoms with E-state index < -0.39 is 0 Å². The summed E-state index contributed by atoms with van der Waals surface area (Å²) in [6.45, 7) is 0. The third-order valence-corrected chi connectivity index (χ3v) is 4.81. The Morgan fingerprint density at radius 3 is 2.68 bits per heavy atom. The molecule has 0 unspecified atom stereocenters. The number of hydrogen-bond acceptors (Lipinski definition) is 2. The molecule has 0 bridgehead atoms. The van der Waals surface area contributed by atoms with E-state index in [1.54, 1.807) is 4.40 Å². The Bertz CT molecular complexity index is 860. The second kappa shape index (κ2) is 5.13. The summed E-state index contributed by atoms with van der Waals surface area (Å²) < 4.78 is 3.62. The maximum absolute atomic E-state index is 12.8. The molecule has 4 nitrogen and oxygen atoms in total. The third-order valence-electron chi connectivity index (χ3n) is 4.81. The second-order valence-electron chi connectivity index (χ2n) is 6.07. The number of nitrogens with zero attached hydrogens (tertiary/aromatic N) is 2. The topological polar surface area (TPSA) is 48.4 Å². The van der Waals surface area contributed by atoms with Crippen molar-refractivity contribution in [2.24, 2.45) is 0 Å². The van der Waals surface area contributed by atoms with Crippen LogP contribution in [0, 0.1) is 0 Å². The summed E-state index contributed by atoms with van der Waals surface area (Å²) in [5.74, 6) is -0.154. The molecule has 0 N–H and O–H groups in total. The van der Waals surface area contributed by atoms with Gasteiger partial charge in [-0.05, 0) is 43.2 Å². The van der Waals surface area contributed by atoms with Crippen molar-refractivity contribution in [1.82, 2.24) is 4.40 Å². The van der Waals surface area contributed by atoms with Crippen LogP contribution in [0.2, 0.25) is 0 Å². The number of imidazole rings is 1. The van der Waals surface area contributed by atoms with E-state index in [4.69, 9.17) is 0 Å². The number of rotatable bonds is 2. The smallest absolute Gasteiger partial charge is 0.294 e. The summed E-state index contributed by atoms with van der Waals surface area (Å²) in [7, 11) is 0. The number of carbonyl (C=O) groups excluding carboxylic acids is 1. The van der Waals surface area contributed by atoms with Crippen LogP contribution in [-0.2, 0) is 0 Å². The quantitative estimate of drug-likeness (QED) is 0.539. The van der Waals surface area contributed by atoms with Crippen molar-refractivity contribution >= 4 is 22.7 Å². The lowest BCUT2D eigenvalue weighted by molar-refractivity contribution is -0.736. The molecule has 4 heteroatoms. The average molecular weight is 294 g/mol. The van der Waals surface area contributed by atoms with Gasteiger partial charge < -0.3 is 5.11 Å². The van der Waals surface area contributed by atoms with Crippen molar-refractivity contribution in [3.05, 3.63) is 42.2 Å². The van der Waals surface area contributed by atoms with E-state index in [1.807, 2.05) is 41.1 Å². The lowest BCUT2D eigenvalue weighted by Crippen LogP contribution is -2.42. The first-order valence-corrected chi connectivity index (χ1v) is 7.91. The Labute approximate surface area is 128 Å². The molecule has 1 saturated carbocycles. The van der Waals surface area contributed by atoms with Gasteiger partial charge in [0.2, 0.25) is 5.69 Å². The minimum absolute atomic E-state index is 0.154. The minimum atomic E-state index is -0.154. The zero-order chi connectivity index (χ0) is 15.1. The predicted octanol–water partition coefficient (Wildman–Crippen LogP) is 2.77. The van der Waals surface area contributed by atoms with E-state index in [-0.39, 0.29) is 17.6 Å². The second-order valence-corrected chi connectivity index (χ2v) is 6.07. The standard InChI is InChI=1S/C18H18N2O2/c21-12-16-18(22)20(14-7-2-1-3-8-14)17-15-9-5-4-6-13(15)10-11-19(16)17/h4-6,9-12,14H,1-3,7-8H2. The van der Waals surface area contributed by atoms with Crippen LogP contribution >= 0.6 is 0 Å². The van der Waals surface area contributed by atoms with Crippen molar-refractivity contribution in [2.45, 2.75) is 38.1 Å². The maximum Gasteiger partial charge on any atom is 0.294 e. The van der Waals surface area contributed by atoms with Crippen LogP contribution in [0.15, 0.2) is 36.5 Å². The molecule has 0 saturated heterocycles. The molecule has 0 atom stereocenters. The highest BCUT2D eigenvalue weighted by atomic mass is 16.3. The highest BCUT2D eigenvalue weighted by molar-refractivity contribution is 5.94. The van der Waals surface area contributed by atoms with Gasteiger partial charge in [0.15, 0.2) is 6.29 Å². The van der Waals surface area contributed by atoms with Gasteiger partial charge in [-0.2, -0.15) is 4.40 Å². The molecule has 1 aliphatic rings. The molecule has 2 aromatic heterocycles.